The van der Waals surface area contributed by atoms with Gasteiger partial charge in [0, 0.05) is 27.4 Å². The first kappa shape index (κ1) is 19.3. The molecule has 1 atom stereocenters. The molecule has 0 bridgehead atoms. The molecule has 136 valence electrons. The van der Waals surface area contributed by atoms with Gasteiger partial charge < -0.3 is 14.8 Å². The monoisotopic (exact) mass is 420 g/mol. The van der Waals surface area contributed by atoms with Gasteiger partial charge in [0.1, 0.15) is 5.82 Å². The number of hydrogen-bond donors (Lipinski definition) is 3. The zero-order chi connectivity index (χ0) is 18.8. The van der Waals surface area contributed by atoms with Crippen molar-refractivity contribution in [2.24, 2.45) is 0 Å². The van der Waals surface area contributed by atoms with Gasteiger partial charge in [0.2, 0.25) is 0 Å². The molecule has 0 saturated heterocycles. The van der Waals surface area contributed by atoms with Crippen LogP contribution in [0.1, 0.15) is 18.9 Å². The number of nitrogens with one attached hydrogen (secondary N) is 2. The fourth-order valence-corrected chi connectivity index (χ4v) is 3.11. The third-order valence-electron chi connectivity index (χ3n) is 3.60. The lowest BCUT2D eigenvalue weighted by atomic mass is 9.88. The highest BCUT2D eigenvalue weighted by Crippen LogP contribution is 2.49. The number of amides is 1. The van der Waals surface area contributed by atoms with Crippen molar-refractivity contribution >= 4 is 38.7 Å². The van der Waals surface area contributed by atoms with Crippen LogP contribution in [0, 0.1) is 0 Å². The van der Waals surface area contributed by atoms with Crippen LogP contribution in [-0.4, -0.2) is 29.0 Å². The number of aromatic amines is 1. The highest BCUT2D eigenvalue weighted by molar-refractivity contribution is 9.10. The molecule has 0 aliphatic rings. The Morgan fingerprint density at radius 3 is 2.72 bits per heavy atom. The van der Waals surface area contributed by atoms with Crippen LogP contribution < -0.4 is 5.32 Å². The summed E-state index contributed by atoms with van der Waals surface area (Å²) in [6.07, 6.45) is -5.76. The van der Waals surface area contributed by atoms with Crippen LogP contribution in [0.4, 0.5) is 23.8 Å². The predicted molar refractivity (Wildman–Crippen MR) is 91.4 cm³/mol. The second-order valence-electron chi connectivity index (χ2n) is 5.23. The molecule has 0 aliphatic heterocycles. The van der Waals surface area contributed by atoms with E-state index < -0.39 is 29.9 Å². The predicted octanol–water partition coefficient (Wildman–Crippen LogP) is 4.82. The van der Waals surface area contributed by atoms with Crippen LogP contribution in [-0.2, 0) is 10.3 Å². The molecule has 5 nitrogen and oxygen atoms in total. The normalized spacial score (nSPS) is 14.2. The quantitative estimate of drug-likeness (QED) is 0.606. The first-order valence-corrected chi connectivity index (χ1v) is 8.09. The molecule has 2 rings (SSSR count). The van der Waals surface area contributed by atoms with E-state index in [-0.39, 0.29) is 17.8 Å². The van der Waals surface area contributed by atoms with E-state index in [1.807, 2.05) is 0 Å². The molecule has 1 amide bonds. The lowest BCUT2D eigenvalue weighted by Crippen LogP contribution is -2.42. The Hall–Kier alpha value is -2.00. The second kappa shape index (κ2) is 7.09. The molecular formula is C16H16BrF3N2O3. The standard InChI is InChI=1S/C16H16BrF3N2O3/c1-3-8-15(24,16(18,19)20)12-11-9(17)6-5-7-10(11)21-13(12)22-14(23)25-4-2/h3,5-7,21,24H,1,4,8H2,2H3,(H,22,23). The van der Waals surface area contributed by atoms with E-state index in [0.717, 1.165) is 6.08 Å². The highest BCUT2D eigenvalue weighted by atomic mass is 79.9. The summed E-state index contributed by atoms with van der Waals surface area (Å²) in [4.78, 5) is 14.4. The van der Waals surface area contributed by atoms with Gasteiger partial charge in [0.05, 0.1) is 6.61 Å². The largest absolute Gasteiger partial charge is 0.450 e. The number of alkyl halides is 3. The van der Waals surface area contributed by atoms with Crippen LogP contribution >= 0.6 is 15.9 Å². The molecule has 25 heavy (non-hydrogen) atoms. The Labute approximate surface area is 150 Å². The lowest BCUT2D eigenvalue weighted by molar-refractivity contribution is -0.264. The summed E-state index contributed by atoms with van der Waals surface area (Å²) in [5.41, 5.74) is -3.44. The summed E-state index contributed by atoms with van der Waals surface area (Å²) >= 11 is 3.20. The molecule has 1 heterocycles. The third-order valence-corrected chi connectivity index (χ3v) is 4.26. The molecule has 3 N–H and O–H groups in total. The van der Waals surface area contributed by atoms with Gasteiger partial charge in [-0.3, -0.25) is 5.32 Å². The molecule has 1 aromatic carbocycles. The van der Waals surface area contributed by atoms with Gasteiger partial charge in [-0.25, -0.2) is 4.79 Å². The molecule has 0 aliphatic carbocycles. The zero-order valence-electron chi connectivity index (χ0n) is 13.2. The number of rotatable bonds is 5. The minimum absolute atomic E-state index is 0.0429. The summed E-state index contributed by atoms with van der Waals surface area (Å²) < 4.78 is 46.2. The molecule has 9 heteroatoms. The van der Waals surface area contributed by atoms with Crippen molar-refractivity contribution in [1.82, 2.24) is 4.98 Å². The molecule has 0 spiro atoms. The van der Waals surface area contributed by atoms with E-state index >= 15 is 0 Å². The molecule has 0 saturated carbocycles. The molecule has 0 fully saturated rings. The van der Waals surface area contributed by atoms with Crippen molar-refractivity contribution in [2.75, 3.05) is 11.9 Å². The van der Waals surface area contributed by atoms with E-state index in [2.05, 4.69) is 32.8 Å². The first-order valence-electron chi connectivity index (χ1n) is 7.30. The number of fused-ring (bicyclic) bond motifs is 1. The van der Waals surface area contributed by atoms with E-state index in [4.69, 9.17) is 4.74 Å². The number of aromatic nitrogens is 1. The number of halogens is 4. The van der Waals surface area contributed by atoms with Gasteiger partial charge in [0.15, 0.2) is 5.60 Å². The molecule has 2 aromatic rings. The van der Waals surface area contributed by atoms with Crippen molar-refractivity contribution in [3.63, 3.8) is 0 Å². The number of hydrogen-bond acceptors (Lipinski definition) is 3. The number of anilines is 1. The number of benzene rings is 1. The Morgan fingerprint density at radius 2 is 2.16 bits per heavy atom. The average Bonchev–Trinajstić information content (AvgIpc) is 2.86. The van der Waals surface area contributed by atoms with Crippen LogP contribution in [0.3, 0.4) is 0 Å². The van der Waals surface area contributed by atoms with Gasteiger partial charge in [-0.2, -0.15) is 13.2 Å². The molecule has 0 radical (unpaired) electrons. The van der Waals surface area contributed by atoms with Crippen LogP contribution in [0.15, 0.2) is 35.3 Å². The Bertz CT molecular complexity index is 804. The van der Waals surface area contributed by atoms with Crippen molar-refractivity contribution in [1.29, 1.82) is 0 Å². The zero-order valence-corrected chi connectivity index (χ0v) is 14.8. The van der Waals surface area contributed by atoms with E-state index in [1.165, 1.54) is 6.07 Å². The SMILES string of the molecule is C=CCC(O)(c1c(NC(=O)OCC)[nH]c2cccc(Br)c12)C(F)(F)F. The maximum atomic E-state index is 13.7. The van der Waals surface area contributed by atoms with Crippen molar-refractivity contribution in [3.8, 4) is 0 Å². The fourth-order valence-electron chi connectivity index (χ4n) is 2.55. The smallest absolute Gasteiger partial charge is 0.421 e. The first-order chi connectivity index (χ1) is 11.7. The maximum absolute atomic E-state index is 13.7. The van der Waals surface area contributed by atoms with Crippen LogP contribution in [0.5, 0.6) is 0 Å². The van der Waals surface area contributed by atoms with Gasteiger partial charge in [-0.05, 0) is 19.1 Å². The third kappa shape index (κ3) is 3.52. The van der Waals surface area contributed by atoms with Crippen LogP contribution in [0.25, 0.3) is 10.9 Å². The second-order valence-corrected chi connectivity index (χ2v) is 6.09. The van der Waals surface area contributed by atoms with Gasteiger partial charge in [0.25, 0.3) is 0 Å². The number of ether oxygens (including phenoxy) is 1. The summed E-state index contributed by atoms with van der Waals surface area (Å²) in [5.74, 6) is -0.290. The Balaban J connectivity index is 2.77. The van der Waals surface area contributed by atoms with E-state index in [9.17, 15) is 23.1 Å². The minimum Gasteiger partial charge on any atom is -0.450 e. The van der Waals surface area contributed by atoms with Crippen molar-refractivity contribution < 1.29 is 27.8 Å². The summed E-state index contributed by atoms with van der Waals surface area (Å²) in [6, 6.07) is 4.68. The molecule has 1 aromatic heterocycles. The number of aliphatic hydroxyl groups is 1. The summed E-state index contributed by atoms with van der Waals surface area (Å²) in [5, 5.41) is 12.9. The number of carbonyl (C=O) groups excluding carboxylic acids is 1. The van der Waals surface area contributed by atoms with Crippen molar-refractivity contribution in [3.05, 3.63) is 40.9 Å². The minimum atomic E-state index is -5.00. The summed E-state index contributed by atoms with van der Waals surface area (Å²) in [7, 11) is 0. The number of carbonyl (C=O) groups is 1. The topological polar surface area (TPSA) is 74.3 Å². The molecule has 1 unspecified atom stereocenters. The number of H-pyrrole nitrogens is 1. The van der Waals surface area contributed by atoms with Gasteiger partial charge in [-0.15, -0.1) is 6.58 Å². The summed E-state index contributed by atoms with van der Waals surface area (Å²) in [6.45, 7) is 4.90. The van der Waals surface area contributed by atoms with Crippen LogP contribution in [0.2, 0.25) is 0 Å². The van der Waals surface area contributed by atoms with E-state index in [0.29, 0.717) is 9.99 Å². The maximum Gasteiger partial charge on any atom is 0.421 e. The van der Waals surface area contributed by atoms with E-state index in [1.54, 1.807) is 19.1 Å². The van der Waals surface area contributed by atoms with Gasteiger partial charge >= 0.3 is 12.3 Å². The van der Waals surface area contributed by atoms with Gasteiger partial charge in [-0.1, -0.05) is 28.1 Å². The fraction of sp³-hybridized carbons (Fsp3) is 0.312. The Kier molecular flexibility index (Phi) is 5.48. The average molecular weight is 421 g/mol. The Morgan fingerprint density at radius 1 is 1.48 bits per heavy atom. The lowest BCUT2D eigenvalue weighted by Gasteiger charge is -2.30. The molecular weight excluding hydrogens is 405 g/mol. The van der Waals surface area contributed by atoms with Crippen molar-refractivity contribution in [2.45, 2.75) is 25.1 Å². The highest BCUT2D eigenvalue weighted by Gasteiger charge is 2.56.